The van der Waals surface area contributed by atoms with Gasteiger partial charge >= 0.3 is 0 Å². The van der Waals surface area contributed by atoms with E-state index in [0.717, 1.165) is 21.9 Å². The molecule has 0 spiro atoms. The molecule has 6 nitrogen and oxygen atoms in total. The summed E-state index contributed by atoms with van der Waals surface area (Å²) in [6.45, 7) is 3.34. The zero-order chi connectivity index (χ0) is 12.5. The summed E-state index contributed by atoms with van der Waals surface area (Å²) in [5.74, 6) is -0.629. The summed E-state index contributed by atoms with van der Waals surface area (Å²) >= 11 is 1.16. The molecule has 0 saturated carbocycles. The Morgan fingerprint density at radius 1 is 1.56 bits per heavy atom. The van der Waals surface area contributed by atoms with Crippen molar-refractivity contribution in [3.05, 3.63) is 10.6 Å². The predicted molar refractivity (Wildman–Crippen MR) is 62.8 cm³/mol. The van der Waals surface area contributed by atoms with Gasteiger partial charge in [-0.15, -0.1) is 11.3 Å². The molecule has 0 saturated heterocycles. The van der Waals surface area contributed by atoms with E-state index in [9.17, 15) is 13.2 Å². The van der Waals surface area contributed by atoms with Gasteiger partial charge in [0.25, 0.3) is 5.91 Å². The number of nitrogens with two attached hydrogens (primary N) is 1. The van der Waals surface area contributed by atoms with E-state index in [4.69, 9.17) is 5.73 Å². The number of thiazole rings is 1. The molecular weight excluding hydrogens is 250 g/mol. The summed E-state index contributed by atoms with van der Waals surface area (Å²) in [6, 6.07) is 0. The molecule has 0 aromatic carbocycles. The van der Waals surface area contributed by atoms with E-state index in [1.807, 2.05) is 0 Å². The van der Waals surface area contributed by atoms with Crippen molar-refractivity contribution in [3.8, 4) is 0 Å². The molecule has 2 N–H and O–H groups in total. The number of amides is 1. The number of hydrogen-bond donors (Lipinski definition) is 1. The van der Waals surface area contributed by atoms with Crippen molar-refractivity contribution in [1.82, 2.24) is 9.29 Å². The molecule has 0 bridgehead atoms. The lowest BCUT2D eigenvalue weighted by atomic mass is 10.3. The van der Waals surface area contributed by atoms with Crippen LogP contribution in [0.2, 0.25) is 0 Å². The van der Waals surface area contributed by atoms with Crippen LogP contribution in [-0.4, -0.2) is 36.4 Å². The highest BCUT2D eigenvalue weighted by atomic mass is 32.2. The topological polar surface area (TPSA) is 93.4 Å². The highest BCUT2D eigenvalue weighted by molar-refractivity contribution is 7.88. The maximum atomic E-state index is 11.9. The molecular formula is C8H13N3O3S2. The van der Waals surface area contributed by atoms with Crippen LogP contribution in [0.3, 0.4) is 0 Å². The number of rotatable bonds is 3. The highest BCUT2D eigenvalue weighted by Crippen LogP contribution is 2.21. The Morgan fingerprint density at radius 2 is 2.12 bits per heavy atom. The van der Waals surface area contributed by atoms with Gasteiger partial charge in [0.05, 0.1) is 6.26 Å². The molecule has 0 aliphatic carbocycles. The number of aromatic nitrogens is 1. The third-order valence-corrected chi connectivity index (χ3v) is 3.95. The van der Waals surface area contributed by atoms with Crippen molar-refractivity contribution in [1.29, 1.82) is 0 Å². The average molecular weight is 263 g/mol. The van der Waals surface area contributed by atoms with Gasteiger partial charge in [-0.3, -0.25) is 4.79 Å². The first-order valence-electron chi connectivity index (χ1n) is 4.52. The molecule has 1 amide bonds. The van der Waals surface area contributed by atoms with Crippen molar-refractivity contribution in [3.63, 3.8) is 0 Å². The first-order valence-corrected chi connectivity index (χ1v) is 7.18. The number of nitrogens with zero attached hydrogens (tertiary/aromatic N) is 2. The van der Waals surface area contributed by atoms with Crippen molar-refractivity contribution in [2.24, 2.45) is 0 Å². The van der Waals surface area contributed by atoms with E-state index in [1.54, 1.807) is 13.8 Å². The van der Waals surface area contributed by atoms with Crippen LogP contribution in [0, 0.1) is 6.92 Å². The number of nitrogen functional groups attached to an aromatic ring is 1. The Bertz CT molecular complexity index is 507. The lowest BCUT2D eigenvalue weighted by Gasteiger charge is -2.17. The monoisotopic (exact) mass is 263 g/mol. The Balaban J connectivity index is 3.15. The second-order valence-electron chi connectivity index (χ2n) is 3.19. The van der Waals surface area contributed by atoms with Gasteiger partial charge < -0.3 is 5.73 Å². The normalized spacial score (nSPS) is 11.4. The lowest BCUT2D eigenvalue weighted by molar-refractivity contribution is 0.0862. The van der Waals surface area contributed by atoms with Gasteiger partial charge in [0.2, 0.25) is 10.0 Å². The molecule has 0 fully saturated rings. The maximum absolute atomic E-state index is 11.9. The van der Waals surface area contributed by atoms with Crippen molar-refractivity contribution in [2.75, 3.05) is 18.5 Å². The lowest BCUT2D eigenvalue weighted by Crippen LogP contribution is -2.36. The quantitative estimate of drug-likeness (QED) is 0.854. The zero-order valence-electron chi connectivity index (χ0n) is 9.22. The fourth-order valence-corrected chi connectivity index (χ4v) is 2.80. The third kappa shape index (κ3) is 2.50. The van der Waals surface area contributed by atoms with Crippen molar-refractivity contribution < 1.29 is 13.2 Å². The van der Waals surface area contributed by atoms with Gasteiger partial charge in [0.15, 0.2) is 5.13 Å². The van der Waals surface area contributed by atoms with Crippen LogP contribution in [0.1, 0.15) is 22.3 Å². The fourth-order valence-electron chi connectivity index (χ4n) is 1.26. The average Bonchev–Trinajstić information content (AvgIpc) is 2.43. The standard InChI is InChI=1S/C8H13N3O3S2/c1-4-11(16(3,13)14)7(12)6-5(2)15-8(9)10-6/h4H2,1-3H3,(H2,9,10). The molecule has 0 unspecified atom stereocenters. The van der Waals surface area contributed by atoms with E-state index in [1.165, 1.54) is 0 Å². The molecule has 0 aliphatic rings. The number of carbonyl (C=O) groups is 1. The Labute approximate surface area is 98.1 Å². The van der Waals surface area contributed by atoms with Crippen LogP contribution in [0.4, 0.5) is 5.13 Å². The number of anilines is 1. The Hall–Kier alpha value is -1.15. The molecule has 8 heteroatoms. The minimum atomic E-state index is -3.56. The Kier molecular flexibility index (Phi) is 3.54. The molecule has 1 aromatic rings. The summed E-state index contributed by atoms with van der Waals surface area (Å²) in [4.78, 5) is 16.3. The van der Waals surface area contributed by atoms with E-state index in [0.29, 0.717) is 4.88 Å². The molecule has 1 aromatic heterocycles. The van der Waals surface area contributed by atoms with E-state index >= 15 is 0 Å². The number of carbonyl (C=O) groups excluding carboxylic acids is 1. The van der Waals surface area contributed by atoms with Crippen LogP contribution >= 0.6 is 11.3 Å². The summed E-state index contributed by atoms with van der Waals surface area (Å²) in [5.41, 5.74) is 5.56. The van der Waals surface area contributed by atoms with Crippen LogP contribution in [-0.2, 0) is 10.0 Å². The minimum Gasteiger partial charge on any atom is -0.375 e. The van der Waals surface area contributed by atoms with Crippen molar-refractivity contribution >= 4 is 32.4 Å². The van der Waals surface area contributed by atoms with E-state index < -0.39 is 15.9 Å². The van der Waals surface area contributed by atoms with Gasteiger partial charge in [-0.25, -0.2) is 17.7 Å². The molecule has 1 rings (SSSR count). The second-order valence-corrected chi connectivity index (χ2v) is 6.33. The van der Waals surface area contributed by atoms with Crippen LogP contribution < -0.4 is 5.73 Å². The van der Waals surface area contributed by atoms with Gasteiger partial charge in [-0.05, 0) is 13.8 Å². The molecule has 0 aliphatic heterocycles. The first kappa shape index (κ1) is 12.9. The first-order chi connectivity index (χ1) is 7.27. The zero-order valence-corrected chi connectivity index (χ0v) is 10.9. The van der Waals surface area contributed by atoms with Crippen LogP contribution in [0.25, 0.3) is 0 Å². The number of hydrogen-bond acceptors (Lipinski definition) is 6. The molecule has 0 atom stereocenters. The SMILES string of the molecule is CCN(C(=O)c1nc(N)sc1C)S(C)(=O)=O. The minimum absolute atomic E-state index is 0.0779. The summed E-state index contributed by atoms with van der Waals surface area (Å²) in [6.07, 6.45) is 0.986. The maximum Gasteiger partial charge on any atom is 0.287 e. The van der Waals surface area contributed by atoms with E-state index in [-0.39, 0.29) is 17.4 Å². The van der Waals surface area contributed by atoms with E-state index in [2.05, 4.69) is 4.98 Å². The second kappa shape index (κ2) is 4.38. The summed E-state index contributed by atoms with van der Waals surface area (Å²) in [7, 11) is -3.56. The Morgan fingerprint density at radius 3 is 2.44 bits per heavy atom. The molecule has 16 heavy (non-hydrogen) atoms. The largest absolute Gasteiger partial charge is 0.375 e. The number of aryl methyl sites for hydroxylation is 1. The van der Waals surface area contributed by atoms with Gasteiger partial charge in [0, 0.05) is 11.4 Å². The third-order valence-electron chi connectivity index (χ3n) is 1.93. The number of sulfonamides is 1. The van der Waals surface area contributed by atoms with Gasteiger partial charge in [-0.2, -0.15) is 0 Å². The van der Waals surface area contributed by atoms with Crippen LogP contribution in [0.5, 0.6) is 0 Å². The molecule has 1 heterocycles. The van der Waals surface area contributed by atoms with Gasteiger partial charge in [-0.1, -0.05) is 0 Å². The molecule has 90 valence electrons. The fraction of sp³-hybridized carbons (Fsp3) is 0.500. The predicted octanol–water partition coefficient (Wildman–Crippen LogP) is 0.455. The highest BCUT2D eigenvalue weighted by Gasteiger charge is 2.26. The van der Waals surface area contributed by atoms with Crippen LogP contribution in [0.15, 0.2) is 0 Å². The van der Waals surface area contributed by atoms with Crippen molar-refractivity contribution in [2.45, 2.75) is 13.8 Å². The molecule has 0 radical (unpaired) electrons. The summed E-state index contributed by atoms with van der Waals surface area (Å²) < 4.78 is 23.5. The summed E-state index contributed by atoms with van der Waals surface area (Å²) in [5, 5.41) is 0.255. The smallest absolute Gasteiger partial charge is 0.287 e. The van der Waals surface area contributed by atoms with Gasteiger partial charge in [0.1, 0.15) is 5.69 Å².